The molecule has 2 N–H and O–H groups in total. The van der Waals surface area contributed by atoms with E-state index in [9.17, 15) is 4.57 Å². The number of fused-ring (bicyclic) bond motifs is 1. The number of thiazole rings is 1. The Morgan fingerprint density at radius 3 is 2.53 bits per heavy atom. The summed E-state index contributed by atoms with van der Waals surface area (Å²) in [5, 5.41) is 18.1. The van der Waals surface area contributed by atoms with Gasteiger partial charge in [0.05, 0.1) is 10.2 Å². The highest BCUT2D eigenvalue weighted by Gasteiger charge is 2.13. The smallest absolute Gasteiger partial charge is 0.471 e. The minimum atomic E-state index is -3.65. The van der Waals surface area contributed by atoms with Crippen LogP contribution in [0.25, 0.3) is 10.2 Å². The van der Waals surface area contributed by atoms with Crippen molar-refractivity contribution in [3.05, 3.63) is 23.2 Å². The Hall–Kier alpha value is -1.49. The largest absolute Gasteiger partial charge is 0.508 e. The average molecular weight is 302 g/mol. The molecule has 1 aromatic carbocycles. The summed E-state index contributed by atoms with van der Waals surface area (Å²) in [5.74, 6) is 0.204. The molecule has 7 nitrogen and oxygen atoms in total. The van der Waals surface area contributed by atoms with Gasteiger partial charge in [-0.3, -0.25) is 9.05 Å². The van der Waals surface area contributed by atoms with E-state index in [1.807, 2.05) is 6.07 Å². The van der Waals surface area contributed by atoms with Crippen molar-refractivity contribution in [2.75, 3.05) is 14.2 Å². The van der Waals surface area contributed by atoms with Crippen molar-refractivity contribution in [2.45, 2.75) is 0 Å². The minimum Gasteiger partial charge on any atom is -0.508 e. The SMILES string of the molecule is COP(=O)(O)OC.N#Cc1nc2ccc(O)cc2s1. The van der Waals surface area contributed by atoms with Crippen LogP contribution >= 0.6 is 19.2 Å². The van der Waals surface area contributed by atoms with Crippen molar-refractivity contribution < 1.29 is 23.6 Å². The predicted molar refractivity (Wildman–Crippen MR) is 69.8 cm³/mol. The number of hydrogen-bond donors (Lipinski definition) is 2. The number of rotatable bonds is 2. The second-order valence-electron chi connectivity index (χ2n) is 3.12. The lowest BCUT2D eigenvalue weighted by Crippen LogP contribution is -1.83. The van der Waals surface area contributed by atoms with Crippen LogP contribution in [0.4, 0.5) is 0 Å². The van der Waals surface area contributed by atoms with E-state index in [2.05, 4.69) is 14.0 Å². The van der Waals surface area contributed by atoms with Crippen LogP contribution < -0.4 is 0 Å². The maximum atomic E-state index is 10.1. The summed E-state index contributed by atoms with van der Waals surface area (Å²) in [4.78, 5) is 12.3. The lowest BCUT2D eigenvalue weighted by atomic mass is 10.3. The molecule has 0 aliphatic heterocycles. The fourth-order valence-electron chi connectivity index (χ4n) is 1.04. The highest BCUT2D eigenvalue weighted by molar-refractivity contribution is 7.47. The number of nitriles is 1. The predicted octanol–water partition coefficient (Wildman–Crippen LogP) is 2.25. The van der Waals surface area contributed by atoms with Crippen LogP contribution in [0, 0.1) is 11.3 Å². The summed E-state index contributed by atoms with van der Waals surface area (Å²) < 4.78 is 18.9. The molecule has 0 unspecified atom stereocenters. The maximum Gasteiger partial charge on any atom is 0.471 e. The summed E-state index contributed by atoms with van der Waals surface area (Å²) >= 11 is 1.28. The Labute approximate surface area is 113 Å². The third-order valence-corrected chi connectivity index (χ3v) is 3.77. The molecule has 1 heterocycles. The monoisotopic (exact) mass is 302 g/mol. The van der Waals surface area contributed by atoms with Crippen LogP contribution in [0.15, 0.2) is 18.2 Å². The first kappa shape index (κ1) is 15.6. The maximum absolute atomic E-state index is 10.1. The van der Waals surface area contributed by atoms with Gasteiger partial charge in [-0.1, -0.05) is 0 Å². The number of benzene rings is 1. The number of phosphoric acid groups is 1. The van der Waals surface area contributed by atoms with Crippen molar-refractivity contribution in [1.82, 2.24) is 4.98 Å². The van der Waals surface area contributed by atoms with Crippen molar-refractivity contribution in [3.63, 3.8) is 0 Å². The molecule has 0 saturated heterocycles. The number of hydrogen-bond acceptors (Lipinski definition) is 7. The Morgan fingerprint density at radius 1 is 1.42 bits per heavy atom. The number of nitrogens with zero attached hydrogens (tertiary/aromatic N) is 2. The van der Waals surface area contributed by atoms with Gasteiger partial charge in [-0.25, -0.2) is 9.55 Å². The van der Waals surface area contributed by atoms with Gasteiger partial charge in [0.15, 0.2) is 5.01 Å². The van der Waals surface area contributed by atoms with E-state index >= 15 is 0 Å². The van der Waals surface area contributed by atoms with Crippen LogP contribution in [-0.2, 0) is 13.6 Å². The van der Waals surface area contributed by atoms with Gasteiger partial charge < -0.3 is 10.00 Å². The van der Waals surface area contributed by atoms with Crippen LogP contribution in [0.5, 0.6) is 5.75 Å². The normalized spacial score (nSPS) is 10.6. The van der Waals surface area contributed by atoms with Crippen LogP contribution in [0.1, 0.15) is 5.01 Å². The molecule has 2 aromatic rings. The second kappa shape index (κ2) is 6.61. The number of phenolic OH excluding ortho intramolecular Hbond substituents is 1. The Bertz CT molecular complexity index is 643. The number of phosphoric ester groups is 1. The molecule has 0 fully saturated rings. The van der Waals surface area contributed by atoms with Crippen LogP contribution in [0.3, 0.4) is 0 Å². The summed E-state index contributed by atoms with van der Waals surface area (Å²) in [6.45, 7) is 0. The van der Waals surface area contributed by atoms with E-state index in [0.717, 1.165) is 24.4 Å². The van der Waals surface area contributed by atoms with E-state index in [1.165, 1.54) is 11.3 Å². The lowest BCUT2D eigenvalue weighted by molar-refractivity contribution is 0.204. The average Bonchev–Trinajstić information content (AvgIpc) is 2.81. The highest BCUT2D eigenvalue weighted by atomic mass is 32.1. The Balaban J connectivity index is 0.000000224. The minimum absolute atomic E-state index is 0.204. The summed E-state index contributed by atoms with van der Waals surface area (Å²) in [5.41, 5.74) is 0.759. The Kier molecular flexibility index (Phi) is 5.42. The van der Waals surface area contributed by atoms with E-state index < -0.39 is 7.82 Å². The summed E-state index contributed by atoms with van der Waals surface area (Å²) in [6, 6.07) is 6.82. The van der Waals surface area contributed by atoms with Crippen LogP contribution in [-0.4, -0.2) is 29.2 Å². The molecule has 1 aromatic heterocycles. The van der Waals surface area contributed by atoms with Gasteiger partial charge in [-0.05, 0) is 18.2 Å². The number of aromatic hydroxyl groups is 1. The zero-order valence-corrected chi connectivity index (χ0v) is 11.8. The molecule has 0 amide bonds. The third kappa shape index (κ3) is 4.59. The molecule has 19 heavy (non-hydrogen) atoms. The van der Waals surface area contributed by atoms with Crippen molar-refractivity contribution in [3.8, 4) is 11.8 Å². The fraction of sp³-hybridized carbons (Fsp3) is 0.200. The molecule has 2 rings (SSSR count). The molecule has 0 saturated carbocycles. The van der Waals surface area contributed by atoms with E-state index in [4.69, 9.17) is 15.3 Å². The van der Waals surface area contributed by atoms with E-state index in [-0.39, 0.29) is 5.75 Å². The third-order valence-electron chi connectivity index (χ3n) is 1.93. The molecule has 0 radical (unpaired) electrons. The van der Waals surface area contributed by atoms with Crippen molar-refractivity contribution in [1.29, 1.82) is 5.26 Å². The molecule has 0 spiro atoms. The second-order valence-corrected chi connectivity index (χ2v) is 5.81. The fourth-order valence-corrected chi connectivity index (χ4v) is 1.98. The molecular formula is C10H11N2O5PS. The Morgan fingerprint density at radius 2 is 2.05 bits per heavy atom. The highest BCUT2D eigenvalue weighted by Crippen LogP contribution is 2.40. The first-order valence-corrected chi connectivity index (χ1v) is 7.17. The molecule has 9 heteroatoms. The molecule has 0 atom stereocenters. The van der Waals surface area contributed by atoms with E-state index in [0.29, 0.717) is 5.01 Å². The van der Waals surface area contributed by atoms with Gasteiger partial charge in [-0.2, -0.15) is 5.26 Å². The van der Waals surface area contributed by atoms with Gasteiger partial charge in [0.2, 0.25) is 0 Å². The van der Waals surface area contributed by atoms with Gasteiger partial charge >= 0.3 is 7.82 Å². The zero-order chi connectivity index (χ0) is 14.5. The summed E-state index contributed by atoms with van der Waals surface area (Å²) in [6.07, 6.45) is 0. The molecule has 0 aliphatic carbocycles. The first-order chi connectivity index (χ1) is 8.91. The summed E-state index contributed by atoms with van der Waals surface area (Å²) in [7, 11) is -1.45. The van der Waals surface area contributed by atoms with Gasteiger partial charge in [-0.15, -0.1) is 11.3 Å². The van der Waals surface area contributed by atoms with Gasteiger partial charge in [0.25, 0.3) is 0 Å². The van der Waals surface area contributed by atoms with Crippen molar-refractivity contribution >= 4 is 29.4 Å². The standard InChI is InChI=1S/C8H4N2OS.C2H7O4P/c9-4-8-10-6-2-1-5(11)3-7(6)12-8;1-5-7(3,4)6-2/h1-3,11H;1-2H3,(H,3,4). The first-order valence-electron chi connectivity index (χ1n) is 4.85. The van der Waals surface area contributed by atoms with Crippen LogP contribution in [0.2, 0.25) is 0 Å². The van der Waals surface area contributed by atoms with Gasteiger partial charge in [0.1, 0.15) is 11.8 Å². The molecule has 0 bridgehead atoms. The van der Waals surface area contributed by atoms with Gasteiger partial charge in [0, 0.05) is 14.2 Å². The molecular weight excluding hydrogens is 291 g/mol. The van der Waals surface area contributed by atoms with E-state index in [1.54, 1.807) is 18.2 Å². The molecule has 102 valence electrons. The van der Waals surface area contributed by atoms with Crippen molar-refractivity contribution in [2.24, 2.45) is 0 Å². The lowest BCUT2D eigenvalue weighted by Gasteiger charge is -2.01. The quantitative estimate of drug-likeness (QED) is 0.818. The topological polar surface area (TPSA) is 113 Å². The number of aromatic nitrogens is 1. The zero-order valence-electron chi connectivity index (χ0n) is 10.1. The number of phenols is 1. The molecule has 0 aliphatic rings.